The van der Waals surface area contributed by atoms with E-state index in [-0.39, 0.29) is 35.3 Å². The lowest BCUT2D eigenvalue weighted by Gasteiger charge is -2.21. The van der Waals surface area contributed by atoms with Crippen molar-refractivity contribution in [3.63, 3.8) is 0 Å². The number of fused-ring (bicyclic) bond motifs is 1. The normalized spacial score (nSPS) is 14.9. The Morgan fingerprint density at radius 2 is 1.91 bits per heavy atom. The van der Waals surface area contributed by atoms with E-state index in [2.05, 4.69) is 5.32 Å². The molecule has 1 aliphatic heterocycles. The number of halogens is 1. The molecule has 1 heterocycles. The maximum Gasteiger partial charge on any atom is 0.326 e. The fourth-order valence-corrected chi connectivity index (χ4v) is 4.86. The predicted molar refractivity (Wildman–Crippen MR) is 127 cm³/mol. The van der Waals surface area contributed by atoms with E-state index in [4.69, 9.17) is 4.74 Å². The topological polar surface area (TPSA) is 105 Å². The Bertz CT molecular complexity index is 1360. The van der Waals surface area contributed by atoms with Crippen LogP contribution in [-0.4, -0.2) is 26.8 Å². The Hall–Kier alpha value is -3.66. The van der Waals surface area contributed by atoms with Gasteiger partial charge in [-0.1, -0.05) is 50.2 Å². The first-order chi connectivity index (χ1) is 16.1. The zero-order chi connectivity index (χ0) is 24.5. The number of nitrogens with one attached hydrogen (secondary N) is 2. The fourth-order valence-electron chi connectivity index (χ4n) is 3.70. The Morgan fingerprint density at radius 1 is 1.18 bits per heavy atom. The van der Waals surface area contributed by atoms with Crippen LogP contribution in [0.3, 0.4) is 0 Å². The molecule has 0 saturated carbocycles. The van der Waals surface area contributed by atoms with Gasteiger partial charge in [-0.15, -0.1) is 0 Å². The van der Waals surface area contributed by atoms with Gasteiger partial charge in [0.2, 0.25) is 5.91 Å². The number of anilines is 2. The van der Waals surface area contributed by atoms with Crippen LogP contribution < -0.4 is 19.1 Å². The molecule has 10 heteroatoms. The van der Waals surface area contributed by atoms with Crippen LogP contribution in [0, 0.1) is 11.7 Å². The first-order valence-electron chi connectivity index (χ1n) is 10.7. The maximum atomic E-state index is 15.9. The van der Waals surface area contributed by atoms with Gasteiger partial charge in [0, 0.05) is 17.5 Å². The molecule has 0 radical (unpaired) electrons. The van der Waals surface area contributed by atoms with Crippen LogP contribution >= 0.6 is 0 Å². The van der Waals surface area contributed by atoms with Crippen molar-refractivity contribution in [1.29, 1.82) is 0 Å². The summed E-state index contributed by atoms with van der Waals surface area (Å²) in [5.74, 6) is -1.73. The van der Waals surface area contributed by atoms with Gasteiger partial charge in [-0.05, 0) is 35.1 Å². The SMILES string of the molecule is CC(C)CC(=O)Nc1ccc2cc(OCc3ccccc3)c(N3CC(=O)NS3(=O)=O)c(F)c2c1. The molecule has 0 bridgehead atoms. The molecule has 3 aromatic carbocycles. The lowest BCUT2D eigenvalue weighted by molar-refractivity contribution is -0.117. The smallest absolute Gasteiger partial charge is 0.326 e. The van der Waals surface area contributed by atoms with E-state index in [1.165, 1.54) is 12.1 Å². The second-order valence-electron chi connectivity index (χ2n) is 8.43. The van der Waals surface area contributed by atoms with Gasteiger partial charge in [0.05, 0.1) is 0 Å². The van der Waals surface area contributed by atoms with Gasteiger partial charge in [-0.25, -0.2) is 13.4 Å². The van der Waals surface area contributed by atoms with E-state index in [0.29, 0.717) is 21.8 Å². The van der Waals surface area contributed by atoms with Crippen LogP contribution in [0.5, 0.6) is 5.75 Å². The lowest BCUT2D eigenvalue weighted by atomic mass is 10.1. The number of carbonyl (C=O) groups is 2. The molecule has 1 fully saturated rings. The van der Waals surface area contributed by atoms with Gasteiger partial charge >= 0.3 is 10.2 Å². The van der Waals surface area contributed by atoms with Crippen LogP contribution in [0.4, 0.5) is 15.8 Å². The molecule has 2 amide bonds. The molecular weight excluding hydrogens is 461 g/mol. The molecule has 0 spiro atoms. The molecule has 178 valence electrons. The average Bonchev–Trinajstić information content (AvgIpc) is 3.04. The van der Waals surface area contributed by atoms with Gasteiger partial charge in [0.25, 0.3) is 5.91 Å². The summed E-state index contributed by atoms with van der Waals surface area (Å²) in [7, 11) is -4.28. The van der Waals surface area contributed by atoms with Crippen LogP contribution in [0.1, 0.15) is 25.8 Å². The summed E-state index contributed by atoms with van der Waals surface area (Å²) in [5.41, 5.74) is 0.808. The molecule has 1 aliphatic rings. The maximum absolute atomic E-state index is 15.9. The quantitative estimate of drug-likeness (QED) is 0.531. The second-order valence-corrected chi connectivity index (χ2v) is 10.0. The monoisotopic (exact) mass is 485 g/mol. The Morgan fingerprint density at radius 3 is 2.56 bits per heavy atom. The van der Waals surface area contributed by atoms with Gasteiger partial charge in [-0.3, -0.25) is 9.59 Å². The number of benzene rings is 3. The zero-order valence-electron chi connectivity index (χ0n) is 18.7. The average molecular weight is 486 g/mol. The molecule has 34 heavy (non-hydrogen) atoms. The summed E-state index contributed by atoms with van der Waals surface area (Å²) < 4.78 is 49.3. The molecule has 0 aliphatic carbocycles. The van der Waals surface area contributed by atoms with Crippen molar-refractivity contribution in [3.8, 4) is 5.75 Å². The highest BCUT2D eigenvalue weighted by Crippen LogP contribution is 2.40. The number of hydrogen-bond acceptors (Lipinski definition) is 5. The summed E-state index contributed by atoms with van der Waals surface area (Å²) >= 11 is 0. The molecule has 0 atom stereocenters. The summed E-state index contributed by atoms with van der Waals surface area (Å²) in [6, 6.07) is 15.3. The van der Waals surface area contributed by atoms with E-state index < -0.39 is 28.5 Å². The van der Waals surface area contributed by atoms with Gasteiger partial charge < -0.3 is 10.1 Å². The third kappa shape index (κ3) is 4.96. The number of amides is 2. The standard InChI is InChI=1S/C24H24FN3O5S/c1-15(2)10-21(29)26-18-9-8-17-11-20(33-14-16-6-4-3-5-7-16)24(23(25)19(17)12-18)28-13-22(30)27-34(28,31)32/h3-9,11-12,15H,10,13-14H2,1-2H3,(H,26,29)(H,27,30). The van der Waals surface area contributed by atoms with Crippen molar-refractivity contribution in [2.24, 2.45) is 5.92 Å². The number of nitrogens with zero attached hydrogens (tertiary/aromatic N) is 1. The van der Waals surface area contributed by atoms with Crippen molar-refractivity contribution >= 4 is 44.2 Å². The molecule has 0 unspecified atom stereocenters. The van der Waals surface area contributed by atoms with Crippen LogP contribution in [0.2, 0.25) is 0 Å². The number of hydrogen-bond donors (Lipinski definition) is 2. The molecule has 4 rings (SSSR count). The first-order valence-corrected chi connectivity index (χ1v) is 12.1. The Balaban J connectivity index is 1.78. The lowest BCUT2D eigenvalue weighted by Crippen LogP contribution is -2.30. The van der Waals surface area contributed by atoms with Crippen molar-refractivity contribution in [2.45, 2.75) is 26.9 Å². The van der Waals surface area contributed by atoms with Crippen molar-refractivity contribution in [1.82, 2.24) is 4.72 Å². The van der Waals surface area contributed by atoms with E-state index in [9.17, 15) is 18.0 Å². The highest BCUT2D eigenvalue weighted by Gasteiger charge is 2.38. The van der Waals surface area contributed by atoms with Crippen LogP contribution in [0.25, 0.3) is 10.8 Å². The van der Waals surface area contributed by atoms with Gasteiger partial charge in [-0.2, -0.15) is 8.42 Å². The molecule has 3 aromatic rings. The minimum Gasteiger partial charge on any atom is -0.487 e. The molecule has 0 aromatic heterocycles. The Labute approximate surface area is 196 Å². The molecule has 1 saturated heterocycles. The first kappa shape index (κ1) is 23.5. The summed E-state index contributed by atoms with van der Waals surface area (Å²) in [6.45, 7) is 3.32. The molecule has 8 nitrogen and oxygen atoms in total. The molecular formula is C24H24FN3O5S. The van der Waals surface area contributed by atoms with Gasteiger partial charge in [0.1, 0.15) is 24.6 Å². The number of rotatable bonds is 7. The molecule has 2 N–H and O–H groups in total. The summed E-state index contributed by atoms with van der Waals surface area (Å²) in [4.78, 5) is 24.0. The third-order valence-electron chi connectivity index (χ3n) is 5.20. The Kier molecular flexibility index (Phi) is 6.43. The summed E-state index contributed by atoms with van der Waals surface area (Å²) in [6.07, 6.45) is 0.303. The second kappa shape index (κ2) is 9.30. The van der Waals surface area contributed by atoms with E-state index >= 15 is 4.39 Å². The fraction of sp³-hybridized carbons (Fsp3) is 0.250. The van der Waals surface area contributed by atoms with Crippen molar-refractivity contribution in [2.75, 3.05) is 16.2 Å². The van der Waals surface area contributed by atoms with Crippen molar-refractivity contribution in [3.05, 3.63) is 66.0 Å². The highest BCUT2D eigenvalue weighted by atomic mass is 32.2. The van der Waals surface area contributed by atoms with Crippen LogP contribution in [0.15, 0.2) is 54.6 Å². The summed E-state index contributed by atoms with van der Waals surface area (Å²) in [5, 5.41) is 3.26. The minimum absolute atomic E-state index is 0.0227. The van der Waals surface area contributed by atoms with Gasteiger partial charge in [0.15, 0.2) is 5.82 Å². The van der Waals surface area contributed by atoms with E-state index in [1.807, 2.05) is 48.9 Å². The largest absolute Gasteiger partial charge is 0.487 e. The third-order valence-corrected chi connectivity index (χ3v) is 6.58. The predicted octanol–water partition coefficient (Wildman–Crippen LogP) is 3.72. The van der Waals surface area contributed by atoms with Crippen molar-refractivity contribution < 1.29 is 27.1 Å². The van der Waals surface area contributed by atoms with E-state index in [1.54, 1.807) is 12.1 Å². The number of ether oxygens (including phenoxy) is 1. The van der Waals surface area contributed by atoms with Crippen LogP contribution in [-0.2, 0) is 26.4 Å². The highest BCUT2D eigenvalue weighted by molar-refractivity contribution is 7.92. The van der Waals surface area contributed by atoms with E-state index in [0.717, 1.165) is 5.56 Å². The minimum atomic E-state index is -4.28. The zero-order valence-corrected chi connectivity index (χ0v) is 19.5. The number of carbonyl (C=O) groups excluding carboxylic acids is 2.